The minimum atomic E-state index is -2.90. The van der Waals surface area contributed by atoms with Gasteiger partial charge in [0.25, 0.3) is 8.07 Å². The van der Waals surface area contributed by atoms with Gasteiger partial charge >= 0.3 is 5.97 Å². The van der Waals surface area contributed by atoms with Crippen molar-refractivity contribution in [2.45, 2.75) is 63.8 Å². The Balaban J connectivity index is 3.44. The van der Waals surface area contributed by atoms with Crippen LogP contribution in [0.25, 0.3) is 0 Å². The Morgan fingerprint density at radius 3 is 1.67 bits per heavy atom. The number of ether oxygens (including phenoxy) is 1. The van der Waals surface area contributed by atoms with Crippen molar-refractivity contribution in [3.05, 3.63) is 0 Å². The monoisotopic (exact) mass is 314 g/mol. The minimum absolute atomic E-state index is 0.150. The fraction of sp³-hybridized carbons (Fsp3) is 0.733. The molecule has 0 saturated heterocycles. The van der Waals surface area contributed by atoms with Crippen molar-refractivity contribution in [1.82, 2.24) is 0 Å². The maximum absolute atomic E-state index is 10.9. The van der Waals surface area contributed by atoms with E-state index in [1.807, 2.05) is 0 Å². The molecule has 0 aliphatic carbocycles. The Bertz CT molecular complexity index is 308. The second-order valence-electron chi connectivity index (χ2n) is 5.37. The average Bonchev–Trinajstić information content (AvgIpc) is 2.53. The molecule has 0 aromatic rings. The van der Waals surface area contributed by atoms with Gasteiger partial charge in [-0.1, -0.05) is 44.9 Å². The SMILES string of the molecule is COC(=O)CCCCCCCCCC[Si](C=O)(C=O)C=O. The van der Waals surface area contributed by atoms with Crippen molar-refractivity contribution in [2.75, 3.05) is 7.11 Å². The molecule has 0 aromatic carbocycles. The number of unbranched alkanes of at least 4 members (excludes halogenated alkanes) is 7. The van der Waals surface area contributed by atoms with Crippen LogP contribution in [0.3, 0.4) is 0 Å². The van der Waals surface area contributed by atoms with E-state index in [9.17, 15) is 19.2 Å². The summed E-state index contributed by atoms with van der Waals surface area (Å²) in [4.78, 5) is 43.3. The lowest BCUT2D eigenvalue weighted by atomic mass is 10.1. The van der Waals surface area contributed by atoms with Crippen molar-refractivity contribution >= 4 is 31.8 Å². The minimum Gasteiger partial charge on any atom is -0.469 e. The number of hydrogen-bond donors (Lipinski definition) is 0. The fourth-order valence-electron chi connectivity index (χ4n) is 2.12. The van der Waals surface area contributed by atoms with Crippen LogP contribution in [0, 0.1) is 0 Å². The van der Waals surface area contributed by atoms with Crippen molar-refractivity contribution < 1.29 is 23.9 Å². The highest BCUT2D eigenvalue weighted by Gasteiger charge is 2.32. The summed E-state index contributed by atoms with van der Waals surface area (Å²) in [6.45, 7) is 0. The van der Waals surface area contributed by atoms with Gasteiger partial charge in [0.05, 0.1) is 7.11 Å². The van der Waals surface area contributed by atoms with E-state index < -0.39 is 8.07 Å². The van der Waals surface area contributed by atoms with Gasteiger partial charge in [0.1, 0.15) is 17.7 Å². The zero-order chi connectivity index (χ0) is 16.0. The third kappa shape index (κ3) is 9.28. The van der Waals surface area contributed by atoms with Crippen LogP contribution in [0.1, 0.15) is 57.8 Å². The fourth-order valence-corrected chi connectivity index (χ4v) is 3.51. The van der Waals surface area contributed by atoms with Crippen molar-refractivity contribution in [3.8, 4) is 0 Å². The summed E-state index contributed by atoms with van der Waals surface area (Å²) in [6, 6.07) is 0.447. The third-order valence-corrected chi connectivity index (χ3v) is 6.16. The molecule has 0 fully saturated rings. The summed E-state index contributed by atoms with van der Waals surface area (Å²) in [5.74, 6) is 1.58. The molecule has 120 valence electrons. The molecule has 0 bridgehead atoms. The molecule has 0 spiro atoms. The molecule has 0 saturated carbocycles. The van der Waals surface area contributed by atoms with Crippen LogP contribution in [0.15, 0.2) is 0 Å². The molecular formula is C15H26O5Si. The van der Waals surface area contributed by atoms with Gasteiger partial charge in [0.15, 0.2) is 0 Å². The smallest absolute Gasteiger partial charge is 0.305 e. The Morgan fingerprint density at radius 1 is 0.810 bits per heavy atom. The van der Waals surface area contributed by atoms with Gasteiger partial charge < -0.3 is 19.1 Å². The Kier molecular flexibility index (Phi) is 11.7. The third-order valence-electron chi connectivity index (χ3n) is 3.63. The predicted octanol–water partition coefficient (Wildman–Crippen LogP) is 2.43. The lowest BCUT2D eigenvalue weighted by molar-refractivity contribution is -0.140. The molecule has 6 heteroatoms. The molecule has 0 aliphatic heterocycles. The molecular weight excluding hydrogens is 288 g/mol. The van der Waals surface area contributed by atoms with Crippen LogP contribution in [0.2, 0.25) is 6.04 Å². The van der Waals surface area contributed by atoms with E-state index in [1.54, 1.807) is 0 Å². The summed E-state index contributed by atoms with van der Waals surface area (Å²) < 4.78 is 4.57. The van der Waals surface area contributed by atoms with E-state index >= 15 is 0 Å². The van der Waals surface area contributed by atoms with Gasteiger partial charge in [-0.25, -0.2) is 0 Å². The second-order valence-corrected chi connectivity index (χ2v) is 8.80. The van der Waals surface area contributed by atoms with Gasteiger partial charge in [-0.2, -0.15) is 0 Å². The maximum atomic E-state index is 10.9. The second kappa shape index (κ2) is 12.4. The first kappa shape index (κ1) is 19.7. The molecule has 21 heavy (non-hydrogen) atoms. The number of rotatable bonds is 14. The van der Waals surface area contributed by atoms with E-state index in [0.29, 0.717) is 30.2 Å². The van der Waals surface area contributed by atoms with Crippen molar-refractivity contribution in [1.29, 1.82) is 0 Å². The van der Waals surface area contributed by atoms with Crippen LogP contribution in [-0.2, 0) is 23.9 Å². The molecule has 0 heterocycles. The molecule has 0 amide bonds. The maximum Gasteiger partial charge on any atom is 0.305 e. The molecule has 0 atom stereocenters. The van der Waals surface area contributed by atoms with Crippen LogP contribution in [-0.4, -0.2) is 38.9 Å². The van der Waals surface area contributed by atoms with Crippen LogP contribution in [0.5, 0.6) is 0 Å². The van der Waals surface area contributed by atoms with E-state index in [4.69, 9.17) is 0 Å². The molecule has 0 unspecified atom stereocenters. The lowest BCUT2D eigenvalue weighted by Crippen LogP contribution is -2.41. The first-order chi connectivity index (χ1) is 10.1. The lowest BCUT2D eigenvalue weighted by Gasteiger charge is -2.09. The Labute approximate surface area is 127 Å². The summed E-state index contributed by atoms with van der Waals surface area (Å²) in [7, 11) is -1.50. The zero-order valence-electron chi connectivity index (χ0n) is 12.8. The van der Waals surface area contributed by atoms with E-state index in [2.05, 4.69) is 4.74 Å². The number of methoxy groups -OCH3 is 1. The summed E-state index contributed by atoms with van der Waals surface area (Å²) in [5.41, 5.74) is 0. The summed E-state index contributed by atoms with van der Waals surface area (Å²) in [6.07, 6.45) is 8.51. The number of carbonyl (C=O) groups is 4. The standard InChI is InChI=1S/C15H26O5Si/c1-20-15(19)10-8-6-4-2-3-5-7-9-11-21(12-16,13-17)14-18/h12-14H,2-11H2,1H3. The molecule has 0 radical (unpaired) electrons. The van der Waals surface area contributed by atoms with E-state index in [0.717, 1.165) is 51.4 Å². The van der Waals surface area contributed by atoms with E-state index in [-0.39, 0.29) is 5.97 Å². The van der Waals surface area contributed by atoms with Crippen molar-refractivity contribution in [2.24, 2.45) is 0 Å². The highest BCUT2D eigenvalue weighted by atomic mass is 28.3. The Hall–Kier alpha value is -1.30. The number of carbonyl (C=O) groups excluding carboxylic acids is 4. The van der Waals surface area contributed by atoms with Gasteiger partial charge in [0.2, 0.25) is 0 Å². The van der Waals surface area contributed by atoms with Gasteiger partial charge in [-0.05, 0) is 12.5 Å². The highest BCUT2D eigenvalue weighted by Crippen LogP contribution is 2.13. The molecule has 0 rings (SSSR count). The molecule has 5 nitrogen and oxygen atoms in total. The first-order valence-corrected chi connectivity index (χ1v) is 10.0. The van der Waals surface area contributed by atoms with E-state index in [1.165, 1.54) is 7.11 Å². The highest BCUT2D eigenvalue weighted by molar-refractivity contribution is 7.32. The molecule has 0 aliphatic rings. The largest absolute Gasteiger partial charge is 0.469 e. The van der Waals surface area contributed by atoms with Gasteiger partial charge in [-0.3, -0.25) is 4.79 Å². The van der Waals surface area contributed by atoms with Crippen LogP contribution in [0.4, 0.5) is 0 Å². The quantitative estimate of drug-likeness (QED) is 0.213. The number of esters is 1. The molecule has 0 N–H and O–H groups in total. The summed E-state index contributed by atoms with van der Waals surface area (Å²) >= 11 is 0. The van der Waals surface area contributed by atoms with Gasteiger partial charge in [0, 0.05) is 6.42 Å². The topological polar surface area (TPSA) is 77.5 Å². The van der Waals surface area contributed by atoms with Crippen LogP contribution < -0.4 is 0 Å². The van der Waals surface area contributed by atoms with Crippen LogP contribution >= 0.6 is 0 Å². The first-order valence-electron chi connectivity index (χ1n) is 7.60. The Morgan fingerprint density at radius 2 is 1.24 bits per heavy atom. The number of hydrogen-bond acceptors (Lipinski definition) is 5. The normalized spacial score (nSPS) is 10.9. The summed E-state index contributed by atoms with van der Waals surface area (Å²) in [5, 5.41) is 0. The zero-order valence-corrected chi connectivity index (χ0v) is 13.8. The average molecular weight is 314 g/mol. The molecule has 0 aromatic heterocycles. The van der Waals surface area contributed by atoms with Crippen molar-refractivity contribution in [3.63, 3.8) is 0 Å². The predicted molar refractivity (Wildman–Crippen MR) is 84.4 cm³/mol. The van der Waals surface area contributed by atoms with Gasteiger partial charge in [-0.15, -0.1) is 0 Å².